The SMILES string of the molecule is CCC1N(C)C=C2C=CC3=CN(C)C(CCC#N)N3N21. The van der Waals surface area contributed by atoms with Crippen molar-refractivity contribution in [2.75, 3.05) is 14.1 Å². The molecule has 106 valence electrons. The summed E-state index contributed by atoms with van der Waals surface area (Å²) in [4.78, 5) is 4.48. The van der Waals surface area contributed by atoms with Gasteiger partial charge in [-0.05, 0) is 18.6 Å². The molecule has 3 heterocycles. The maximum absolute atomic E-state index is 8.89. The van der Waals surface area contributed by atoms with Crippen molar-refractivity contribution >= 4 is 0 Å². The van der Waals surface area contributed by atoms with Gasteiger partial charge in [-0.15, -0.1) is 0 Å². The number of nitrogens with zero attached hydrogens (tertiary/aromatic N) is 5. The Morgan fingerprint density at radius 1 is 1.05 bits per heavy atom. The normalized spacial score (nSPS) is 27.3. The van der Waals surface area contributed by atoms with E-state index in [-0.39, 0.29) is 6.17 Å². The first kappa shape index (κ1) is 12.9. The standard InChI is InChI=1S/C15H21N5/c1-4-14-17(2)10-12-7-8-13-11-18(3)15(6-5-9-16)20(13)19(12)14/h7-8,10-11,14-15H,4-6H2,1-3H3. The molecule has 3 aliphatic heterocycles. The molecular weight excluding hydrogens is 250 g/mol. The fourth-order valence-electron chi connectivity index (χ4n) is 3.32. The average Bonchev–Trinajstić information content (AvgIpc) is 2.91. The zero-order valence-electron chi connectivity index (χ0n) is 12.3. The molecule has 0 spiro atoms. The van der Waals surface area contributed by atoms with E-state index in [1.54, 1.807) is 0 Å². The smallest absolute Gasteiger partial charge is 0.122 e. The van der Waals surface area contributed by atoms with Gasteiger partial charge >= 0.3 is 0 Å². The Bertz CT molecular complexity index is 527. The second-order valence-corrected chi connectivity index (χ2v) is 5.53. The molecule has 0 fully saturated rings. The summed E-state index contributed by atoms with van der Waals surface area (Å²) < 4.78 is 0. The molecule has 0 bridgehead atoms. The molecule has 2 unspecified atom stereocenters. The molecule has 0 aromatic rings. The summed E-state index contributed by atoms with van der Waals surface area (Å²) in [5.74, 6) is 0. The first-order valence-corrected chi connectivity index (χ1v) is 7.18. The molecule has 3 rings (SSSR count). The second-order valence-electron chi connectivity index (χ2n) is 5.53. The molecule has 20 heavy (non-hydrogen) atoms. The zero-order chi connectivity index (χ0) is 14.3. The Hall–Kier alpha value is -2.09. The van der Waals surface area contributed by atoms with Gasteiger partial charge in [0.1, 0.15) is 12.3 Å². The number of hydrazine groups is 1. The summed E-state index contributed by atoms with van der Waals surface area (Å²) in [7, 11) is 4.21. The minimum absolute atomic E-state index is 0.235. The van der Waals surface area contributed by atoms with E-state index in [1.165, 1.54) is 11.4 Å². The maximum Gasteiger partial charge on any atom is 0.122 e. The largest absolute Gasteiger partial charge is 0.357 e. The second kappa shape index (κ2) is 4.78. The number of rotatable bonds is 3. The topological polar surface area (TPSA) is 36.8 Å². The van der Waals surface area contributed by atoms with E-state index >= 15 is 0 Å². The molecule has 0 saturated heterocycles. The first-order chi connectivity index (χ1) is 9.67. The molecule has 2 atom stereocenters. The van der Waals surface area contributed by atoms with Gasteiger partial charge in [-0.25, -0.2) is 0 Å². The fourth-order valence-corrected chi connectivity index (χ4v) is 3.32. The predicted octanol–water partition coefficient (Wildman–Crippen LogP) is 2.01. The van der Waals surface area contributed by atoms with Crippen LogP contribution in [0.4, 0.5) is 0 Å². The van der Waals surface area contributed by atoms with Gasteiger partial charge in [-0.1, -0.05) is 6.92 Å². The lowest BCUT2D eigenvalue weighted by molar-refractivity contribution is -0.0689. The van der Waals surface area contributed by atoms with Crippen LogP contribution in [0.25, 0.3) is 0 Å². The van der Waals surface area contributed by atoms with Crippen LogP contribution < -0.4 is 0 Å². The molecule has 0 aromatic heterocycles. The lowest BCUT2D eigenvalue weighted by Gasteiger charge is -2.45. The van der Waals surface area contributed by atoms with Crippen LogP contribution in [0.2, 0.25) is 0 Å². The summed E-state index contributed by atoms with van der Waals surface area (Å²) in [5.41, 5.74) is 2.44. The molecule has 0 aromatic carbocycles. The van der Waals surface area contributed by atoms with Gasteiger partial charge in [-0.2, -0.15) is 5.26 Å². The van der Waals surface area contributed by atoms with E-state index in [0.717, 1.165) is 12.8 Å². The van der Waals surface area contributed by atoms with Gasteiger partial charge < -0.3 is 9.80 Å². The van der Waals surface area contributed by atoms with Gasteiger partial charge in [0.05, 0.1) is 17.5 Å². The van der Waals surface area contributed by atoms with Crippen molar-refractivity contribution < 1.29 is 0 Å². The quantitative estimate of drug-likeness (QED) is 0.785. The molecule has 0 saturated carbocycles. The summed E-state index contributed by atoms with van der Waals surface area (Å²) in [5, 5.41) is 13.6. The van der Waals surface area contributed by atoms with Crippen molar-refractivity contribution in [3.63, 3.8) is 0 Å². The van der Waals surface area contributed by atoms with Gasteiger partial charge in [0.2, 0.25) is 0 Å². The third-order valence-corrected chi connectivity index (χ3v) is 4.24. The number of allylic oxidation sites excluding steroid dienone is 2. The third-order valence-electron chi connectivity index (χ3n) is 4.24. The van der Waals surface area contributed by atoms with E-state index in [9.17, 15) is 0 Å². The van der Waals surface area contributed by atoms with Gasteiger partial charge in [0, 0.05) is 39.3 Å². The molecule has 0 amide bonds. The molecule has 5 nitrogen and oxygen atoms in total. The molecule has 3 aliphatic rings. The predicted molar refractivity (Wildman–Crippen MR) is 77.2 cm³/mol. The number of nitriles is 1. The van der Waals surface area contributed by atoms with Crippen molar-refractivity contribution in [3.8, 4) is 6.07 Å². The molecule has 0 N–H and O–H groups in total. The van der Waals surface area contributed by atoms with Gasteiger partial charge in [-0.3, -0.25) is 10.0 Å². The van der Waals surface area contributed by atoms with Crippen molar-refractivity contribution in [1.29, 1.82) is 5.26 Å². The monoisotopic (exact) mass is 271 g/mol. The van der Waals surface area contributed by atoms with Crippen LogP contribution in [0.1, 0.15) is 26.2 Å². The summed E-state index contributed by atoms with van der Waals surface area (Å²) in [6, 6.07) is 2.27. The zero-order valence-corrected chi connectivity index (χ0v) is 12.3. The van der Waals surface area contributed by atoms with Gasteiger partial charge in [0.15, 0.2) is 0 Å². The van der Waals surface area contributed by atoms with E-state index in [0.29, 0.717) is 12.6 Å². The Morgan fingerprint density at radius 2 is 1.60 bits per heavy atom. The number of hydrogen-bond acceptors (Lipinski definition) is 5. The Labute approximate surface area is 120 Å². The van der Waals surface area contributed by atoms with Crippen LogP contribution in [0.5, 0.6) is 0 Å². The van der Waals surface area contributed by atoms with Crippen LogP contribution >= 0.6 is 0 Å². The highest BCUT2D eigenvalue weighted by Gasteiger charge is 2.41. The molecule has 0 aliphatic carbocycles. The lowest BCUT2D eigenvalue weighted by Crippen LogP contribution is -2.53. The van der Waals surface area contributed by atoms with E-state index < -0.39 is 0 Å². The number of fused-ring (bicyclic) bond motifs is 3. The van der Waals surface area contributed by atoms with Crippen LogP contribution in [0.3, 0.4) is 0 Å². The Morgan fingerprint density at radius 3 is 2.15 bits per heavy atom. The van der Waals surface area contributed by atoms with E-state index in [2.05, 4.69) is 71.5 Å². The Balaban J connectivity index is 1.93. The number of hydrogen-bond donors (Lipinski definition) is 0. The van der Waals surface area contributed by atoms with Crippen molar-refractivity contribution in [1.82, 2.24) is 19.8 Å². The third kappa shape index (κ3) is 1.75. The minimum Gasteiger partial charge on any atom is -0.357 e. The molecule has 0 radical (unpaired) electrons. The summed E-state index contributed by atoms with van der Waals surface area (Å²) in [6.45, 7) is 2.21. The van der Waals surface area contributed by atoms with Crippen LogP contribution in [0, 0.1) is 11.3 Å². The van der Waals surface area contributed by atoms with Gasteiger partial charge in [0.25, 0.3) is 0 Å². The molecule has 5 heteroatoms. The Kier molecular flexibility index (Phi) is 3.09. The highest BCUT2D eigenvalue weighted by molar-refractivity contribution is 5.35. The average molecular weight is 271 g/mol. The van der Waals surface area contributed by atoms with E-state index in [1.807, 2.05) is 0 Å². The molecular formula is C15H21N5. The van der Waals surface area contributed by atoms with Crippen molar-refractivity contribution in [2.45, 2.75) is 38.5 Å². The highest BCUT2D eigenvalue weighted by Crippen LogP contribution is 2.38. The van der Waals surface area contributed by atoms with E-state index in [4.69, 9.17) is 5.26 Å². The van der Waals surface area contributed by atoms with Crippen LogP contribution in [0.15, 0.2) is 35.9 Å². The minimum atomic E-state index is 0.235. The van der Waals surface area contributed by atoms with Crippen molar-refractivity contribution in [3.05, 3.63) is 35.9 Å². The highest BCUT2D eigenvalue weighted by atomic mass is 15.7. The van der Waals surface area contributed by atoms with Crippen molar-refractivity contribution in [2.24, 2.45) is 0 Å². The fraction of sp³-hybridized carbons (Fsp3) is 0.533. The lowest BCUT2D eigenvalue weighted by atomic mass is 10.2. The first-order valence-electron chi connectivity index (χ1n) is 7.18. The summed E-state index contributed by atoms with van der Waals surface area (Å²) >= 11 is 0. The maximum atomic E-state index is 8.89. The van der Waals surface area contributed by atoms with Crippen LogP contribution in [-0.2, 0) is 0 Å². The van der Waals surface area contributed by atoms with Crippen LogP contribution in [-0.4, -0.2) is 46.2 Å². The summed E-state index contributed by atoms with van der Waals surface area (Å²) in [6.07, 6.45) is 11.8.